The molecule has 0 atom stereocenters. The molecule has 3 aliphatic rings. The topological polar surface area (TPSA) is 144 Å². The van der Waals surface area contributed by atoms with Crippen LogP contribution >= 0.6 is 0 Å². The molecule has 6 heterocycles. The summed E-state index contributed by atoms with van der Waals surface area (Å²) in [5.74, 6) is -1.71. The van der Waals surface area contributed by atoms with Crippen molar-refractivity contribution in [3.63, 3.8) is 0 Å². The molecule has 1 saturated heterocycles. The largest absolute Gasteiger partial charge is 0.480 e. The van der Waals surface area contributed by atoms with Crippen LogP contribution in [-0.2, 0) is 29.2 Å². The predicted molar refractivity (Wildman–Crippen MR) is 145 cm³/mol. The maximum Gasteiger partial charge on any atom is 0.317 e. The zero-order valence-corrected chi connectivity index (χ0v) is 25.3. The van der Waals surface area contributed by atoms with Crippen LogP contribution in [0.1, 0.15) is 17.1 Å². The van der Waals surface area contributed by atoms with Crippen LogP contribution in [0.15, 0.2) is 42.6 Å². The summed E-state index contributed by atoms with van der Waals surface area (Å²) in [7, 11) is 0. The van der Waals surface area contributed by atoms with E-state index in [1.54, 1.807) is 6.20 Å². The third kappa shape index (κ3) is 9.40. The maximum absolute atomic E-state index is 11.7. The molecule has 6 rings (SSSR count). The number of aliphatic carboxylic acids is 2. The summed E-state index contributed by atoms with van der Waals surface area (Å²) < 4.78 is 1.81. The zero-order chi connectivity index (χ0) is 27.9. The summed E-state index contributed by atoms with van der Waals surface area (Å²) in [6.07, 6.45) is 1.71. The van der Waals surface area contributed by atoms with E-state index in [4.69, 9.17) is 9.97 Å². The van der Waals surface area contributed by atoms with Gasteiger partial charge in [-0.15, -0.1) is 5.10 Å². The SMILES string of the molecule is O=C(O)CN1CCN2CCN(CC(=O)O)CCN(CC1)Cc1cccc(n1)-c1cnnn1Cc1cccc(n1)C2.[Eu]. The van der Waals surface area contributed by atoms with Crippen molar-refractivity contribution in [3.8, 4) is 11.4 Å². The molecule has 3 aromatic rings. The molecule has 219 valence electrons. The second-order valence-electron chi connectivity index (χ2n) is 10.3. The Morgan fingerprint density at radius 2 is 1.17 bits per heavy atom. The van der Waals surface area contributed by atoms with E-state index in [0.29, 0.717) is 72.0 Å². The molecule has 1 radical (unpaired) electrons. The van der Waals surface area contributed by atoms with Crippen LogP contribution in [0.5, 0.6) is 0 Å². The summed E-state index contributed by atoms with van der Waals surface area (Å²) >= 11 is 0. The van der Waals surface area contributed by atoms with E-state index in [1.165, 1.54) is 0 Å². The van der Waals surface area contributed by atoms with E-state index < -0.39 is 11.9 Å². The van der Waals surface area contributed by atoms with Gasteiger partial charge in [-0.2, -0.15) is 0 Å². The normalized spacial score (nSPS) is 20.8. The van der Waals surface area contributed by atoms with Crippen molar-refractivity contribution in [2.24, 2.45) is 0 Å². The fourth-order valence-electron chi connectivity index (χ4n) is 5.19. The summed E-state index contributed by atoms with van der Waals surface area (Å²) in [6.45, 7) is 6.31. The van der Waals surface area contributed by atoms with Crippen LogP contribution in [0.2, 0.25) is 0 Å². The molecule has 0 saturated carbocycles. The molecule has 41 heavy (non-hydrogen) atoms. The van der Waals surface area contributed by atoms with Crippen LogP contribution in [0.4, 0.5) is 0 Å². The number of rotatable bonds is 4. The fourth-order valence-corrected chi connectivity index (χ4v) is 5.19. The maximum atomic E-state index is 11.7. The Labute approximate surface area is 279 Å². The molecule has 3 aliphatic heterocycles. The van der Waals surface area contributed by atoms with Gasteiger partial charge in [0.2, 0.25) is 0 Å². The molecular weight excluding hydrogens is 666 g/mol. The molecule has 0 unspecified atom stereocenters. The summed E-state index contributed by atoms with van der Waals surface area (Å²) in [5, 5.41) is 27.6. The second kappa shape index (κ2) is 15.3. The average molecular weight is 702 g/mol. The van der Waals surface area contributed by atoms with Crippen molar-refractivity contribution in [2.75, 3.05) is 65.4 Å². The van der Waals surface area contributed by atoms with Gasteiger partial charge in [0.05, 0.1) is 48.6 Å². The van der Waals surface area contributed by atoms with E-state index in [1.807, 2.05) is 50.9 Å². The van der Waals surface area contributed by atoms with Gasteiger partial charge in [0, 0.05) is 115 Å². The number of carboxylic acids is 2. The Hall–Kier alpha value is -2.20. The van der Waals surface area contributed by atoms with Crippen molar-refractivity contribution in [3.05, 3.63) is 59.7 Å². The Kier molecular flexibility index (Phi) is 11.9. The Morgan fingerprint density at radius 1 is 0.683 bits per heavy atom. The van der Waals surface area contributed by atoms with E-state index in [2.05, 4.69) is 20.1 Å². The van der Waals surface area contributed by atoms with Crippen molar-refractivity contribution < 1.29 is 69.2 Å². The first-order valence-corrected chi connectivity index (χ1v) is 13.5. The van der Waals surface area contributed by atoms with Crippen molar-refractivity contribution in [1.82, 2.24) is 44.6 Å². The minimum Gasteiger partial charge on any atom is -0.480 e. The quantitative estimate of drug-likeness (QED) is 0.384. The van der Waals surface area contributed by atoms with Crippen molar-refractivity contribution >= 4 is 11.9 Å². The molecule has 0 aromatic carbocycles. The third-order valence-electron chi connectivity index (χ3n) is 7.28. The Bertz CT molecular complexity index is 1290. The Morgan fingerprint density at radius 3 is 1.71 bits per heavy atom. The number of carbonyl (C=O) groups is 2. The van der Waals surface area contributed by atoms with Gasteiger partial charge in [-0.3, -0.25) is 34.2 Å². The molecule has 3 aromatic heterocycles. The minimum atomic E-state index is -0.853. The zero-order valence-electron chi connectivity index (χ0n) is 22.8. The first-order chi connectivity index (χ1) is 19.4. The van der Waals surface area contributed by atoms with Crippen molar-refractivity contribution in [2.45, 2.75) is 19.6 Å². The number of hydrogen-bond acceptors (Lipinski definition) is 10. The number of fused-ring (bicyclic) bond motifs is 8. The van der Waals surface area contributed by atoms with Gasteiger partial charge in [0.25, 0.3) is 0 Å². The number of pyridine rings is 2. The van der Waals surface area contributed by atoms with Gasteiger partial charge in [-0.1, -0.05) is 17.3 Å². The predicted octanol–water partition coefficient (Wildman–Crippen LogP) is 0.188. The first kappa shape index (κ1) is 31.7. The van der Waals surface area contributed by atoms with Gasteiger partial charge in [0.1, 0.15) is 5.69 Å². The van der Waals surface area contributed by atoms with Crippen LogP contribution in [0, 0.1) is 49.4 Å². The summed E-state index contributed by atoms with van der Waals surface area (Å²) in [5.41, 5.74) is 4.14. The van der Waals surface area contributed by atoms with Gasteiger partial charge in [-0.25, -0.2) is 9.67 Å². The smallest absolute Gasteiger partial charge is 0.317 e. The van der Waals surface area contributed by atoms with E-state index in [-0.39, 0.29) is 62.5 Å². The van der Waals surface area contributed by atoms with Gasteiger partial charge < -0.3 is 10.2 Å². The molecule has 14 heteroatoms. The summed E-state index contributed by atoms with van der Waals surface area (Å²) in [4.78, 5) is 41.5. The molecule has 0 aliphatic carbocycles. The second-order valence-corrected chi connectivity index (χ2v) is 10.3. The van der Waals surface area contributed by atoms with E-state index >= 15 is 0 Å². The minimum absolute atomic E-state index is 0. The van der Waals surface area contributed by atoms with Gasteiger partial charge >= 0.3 is 11.9 Å². The van der Waals surface area contributed by atoms with Crippen LogP contribution in [0.25, 0.3) is 11.4 Å². The number of carboxylic acid groups (broad SMARTS) is 2. The summed E-state index contributed by atoms with van der Waals surface area (Å²) in [6, 6.07) is 11.8. The number of aromatic nitrogens is 5. The standard InChI is InChI=1S/C27H35N9O4.Eu/c37-26(38)19-34-11-7-32-8-12-35(20-27(39)40)14-10-33(9-13-34)17-22-5-2-6-24(30-22)25-15-28-31-36(25)18-23-4-1-3-21(16-32)29-23;/h1-6,15H,7-14,16-20H2,(H,37,38)(H,39,40);. The first-order valence-electron chi connectivity index (χ1n) is 13.5. The molecular formula is C27H35EuN9O4. The van der Waals surface area contributed by atoms with Crippen molar-refractivity contribution in [1.29, 1.82) is 0 Å². The fraction of sp³-hybridized carbons (Fsp3) is 0.481. The number of nitrogens with zero attached hydrogens (tertiary/aromatic N) is 9. The average Bonchev–Trinajstić information content (AvgIpc) is 3.37. The van der Waals surface area contributed by atoms with E-state index in [0.717, 1.165) is 28.5 Å². The number of hydrogen-bond donors (Lipinski definition) is 2. The third-order valence-corrected chi connectivity index (χ3v) is 7.28. The monoisotopic (exact) mass is 702 g/mol. The molecule has 13 nitrogen and oxygen atoms in total. The Balaban J connectivity index is 0.00000387. The molecule has 0 amide bonds. The van der Waals surface area contributed by atoms with Gasteiger partial charge in [0.15, 0.2) is 0 Å². The van der Waals surface area contributed by atoms with Gasteiger partial charge in [-0.05, 0) is 24.3 Å². The molecule has 0 spiro atoms. The molecule has 2 N–H and O–H groups in total. The molecule has 1 fully saturated rings. The van der Waals surface area contributed by atoms with Crippen LogP contribution in [-0.4, -0.2) is 132 Å². The van der Waals surface area contributed by atoms with E-state index in [9.17, 15) is 19.8 Å². The van der Waals surface area contributed by atoms with Crippen LogP contribution in [0.3, 0.4) is 0 Å². The molecule has 6 bridgehead atoms. The van der Waals surface area contributed by atoms with Crippen LogP contribution < -0.4 is 0 Å².